The van der Waals surface area contributed by atoms with Crippen molar-refractivity contribution in [3.8, 4) is 0 Å². The van der Waals surface area contributed by atoms with E-state index in [1.165, 1.54) is 5.56 Å². The molecular weight excluding hydrogens is 625 g/mol. The first kappa shape index (κ1) is 33.2. The van der Waals surface area contributed by atoms with Crippen LogP contribution in [0.25, 0.3) is 11.0 Å². The van der Waals surface area contributed by atoms with E-state index in [9.17, 15) is 8.42 Å². The SMILES string of the molecule is C[Si](C)(C)CCOCn1c(CN(Cc2ccc(S(=O)(=O)NCc3ccccn3)cc2)C2CCCc3cccnc32)nc2ccccc21. The van der Waals surface area contributed by atoms with E-state index in [1.54, 1.807) is 30.5 Å². The van der Waals surface area contributed by atoms with E-state index in [0.717, 1.165) is 60.0 Å². The lowest BCUT2D eigenvalue weighted by atomic mass is 9.90. The fourth-order valence-electron chi connectivity index (χ4n) is 6.09. The molecule has 47 heavy (non-hydrogen) atoms. The molecule has 0 amide bonds. The van der Waals surface area contributed by atoms with E-state index in [1.807, 2.05) is 42.6 Å². The molecule has 0 aliphatic heterocycles. The van der Waals surface area contributed by atoms with Crippen LogP contribution in [0.1, 0.15) is 47.2 Å². The van der Waals surface area contributed by atoms with Crippen molar-refractivity contribution in [1.82, 2.24) is 29.1 Å². The van der Waals surface area contributed by atoms with Gasteiger partial charge in [-0.15, -0.1) is 0 Å². The molecule has 246 valence electrons. The Morgan fingerprint density at radius 1 is 0.936 bits per heavy atom. The summed E-state index contributed by atoms with van der Waals surface area (Å²) in [7, 11) is -4.91. The molecular formula is C36H44N6O3SSi. The largest absolute Gasteiger partial charge is 0.361 e. The number of fused-ring (bicyclic) bond motifs is 2. The van der Waals surface area contributed by atoms with Crippen molar-refractivity contribution in [3.63, 3.8) is 0 Å². The first-order valence-electron chi connectivity index (χ1n) is 16.3. The normalized spacial score (nSPS) is 15.3. The molecule has 1 N–H and O–H groups in total. The number of rotatable bonds is 14. The molecule has 3 heterocycles. The number of hydrogen-bond donors (Lipinski definition) is 1. The number of para-hydroxylation sites is 2. The highest BCUT2D eigenvalue weighted by molar-refractivity contribution is 7.89. The molecule has 1 aliphatic carbocycles. The van der Waals surface area contributed by atoms with Crippen molar-refractivity contribution in [2.24, 2.45) is 0 Å². The van der Waals surface area contributed by atoms with Crippen LogP contribution in [0.2, 0.25) is 25.7 Å². The third-order valence-corrected chi connectivity index (χ3v) is 11.8. The number of hydrogen-bond acceptors (Lipinski definition) is 7. The third-order valence-electron chi connectivity index (χ3n) is 8.69. The quantitative estimate of drug-likeness (QED) is 0.104. The summed E-state index contributed by atoms with van der Waals surface area (Å²) in [6.45, 7) is 9.62. The summed E-state index contributed by atoms with van der Waals surface area (Å²) in [5.41, 5.74) is 6.10. The molecule has 0 radical (unpaired) electrons. The molecule has 0 spiro atoms. The lowest BCUT2D eigenvalue weighted by Gasteiger charge is -2.35. The summed E-state index contributed by atoms with van der Waals surface area (Å²) in [5, 5.41) is 0. The zero-order valence-electron chi connectivity index (χ0n) is 27.5. The summed E-state index contributed by atoms with van der Waals surface area (Å²) in [6.07, 6.45) is 6.63. The highest BCUT2D eigenvalue weighted by Gasteiger charge is 2.29. The van der Waals surface area contributed by atoms with Gasteiger partial charge in [0.15, 0.2) is 0 Å². The number of imidazole rings is 1. The number of ether oxygens (including phenoxy) is 1. The van der Waals surface area contributed by atoms with E-state index < -0.39 is 18.1 Å². The lowest BCUT2D eigenvalue weighted by molar-refractivity contribution is 0.0824. The summed E-state index contributed by atoms with van der Waals surface area (Å²) >= 11 is 0. The average molecular weight is 669 g/mol. The van der Waals surface area contributed by atoms with Crippen LogP contribution < -0.4 is 4.72 Å². The lowest BCUT2D eigenvalue weighted by Crippen LogP contribution is -2.32. The number of benzene rings is 2. The van der Waals surface area contributed by atoms with Crippen molar-refractivity contribution < 1.29 is 13.2 Å². The summed E-state index contributed by atoms with van der Waals surface area (Å²) in [5.74, 6) is 0.945. The Morgan fingerprint density at radius 3 is 2.51 bits per heavy atom. The topological polar surface area (TPSA) is 102 Å². The minimum Gasteiger partial charge on any atom is -0.361 e. The van der Waals surface area contributed by atoms with Gasteiger partial charge in [0.25, 0.3) is 0 Å². The van der Waals surface area contributed by atoms with E-state index in [0.29, 0.717) is 25.5 Å². The van der Waals surface area contributed by atoms with Gasteiger partial charge in [-0.3, -0.25) is 14.9 Å². The fourth-order valence-corrected chi connectivity index (χ4v) is 7.84. The van der Waals surface area contributed by atoms with E-state index >= 15 is 0 Å². The van der Waals surface area contributed by atoms with Crippen LogP contribution in [-0.2, 0) is 47.5 Å². The van der Waals surface area contributed by atoms with E-state index in [4.69, 9.17) is 14.7 Å². The Balaban J connectivity index is 1.26. The summed E-state index contributed by atoms with van der Waals surface area (Å²) in [6, 6.07) is 26.3. The molecule has 1 aliphatic rings. The zero-order chi connectivity index (χ0) is 32.9. The molecule has 11 heteroatoms. The van der Waals surface area contributed by atoms with Crippen LogP contribution in [0, 0.1) is 0 Å². The maximum absolute atomic E-state index is 13.1. The molecule has 0 saturated heterocycles. The first-order chi connectivity index (χ1) is 22.7. The average Bonchev–Trinajstić information content (AvgIpc) is 3.42. The number of sulfonamides is 1. The van der Waals surface area contributed by atoms with Crippen LogP contribution in [0.4, 0.5) is 0 Å². The Morgan fingerprint density at radius 2 is 1.72 bits per heavy atom. The van der Waals surface area contributed by atoms with Gasteiger partial charge in [0, 0.05) is 33.6 Å². The van der Waals surface area contributed by atoms with Crippen LogP contribution in [-0.4, -0.2) is 47.5 Å². The summed E-state index contributed by atoms with van der Waals surface area (Å²) < 4.78 is 37.3. The first-order valence-corrected chi connectivity index (χ1v) is 21.5. The zero-order valence-corrected chi connectivity index (χ0v) is 29.3. The second kappa shape index (κ2) is 14.6. The minimum atomic E-state index is -3.69. The molecule has 3 aromatic heterocycles. The molecule has 1 atom stereocenters. The van der Waals surface area contributed by atoms with Crippen LogP contribution in [0.3, 0.4) is 0 Å². The van der Waals surface area contributed by atoms with Gasteiger partial charge in [-0.2, -0.15) is 0 Å². The second-order valence-electron chi connectivity index (χ2n) is 13.4. The maximum atomic E-state index is 13.1. The molecule has 5 aromatic rings. The number of pyridine rings is 2. The minimum absolute atomic E-state index is 0.101. The molecule has 9 nitrogen and oxygen atoms in total. The molecule has 2 aromatic carbocycles. The Kier molecular flexibility index (Phi) is 10.3. The van der Waals surface area contributed by atoms with E-state index in [-0.39, 0.29) is 17.5 Å². The monoisotopic (exact) mass is 668 g/mol. The number of nitrogens with zero attached hydrogens (tertiary/aromatic N) is 5. The molecule has 0 bridgehead atoms. The van der Waals surface area contributed by atoms with Gasteiger partial charge in [-0.05, 0) is 78.9 Å². The van der Waals surface area contributed by atoms with E-state index in [2.05, 4.69) is 57.0 Å². The van der Waals surface area contributed by atoms with Gasteiger partial charge in [0.1, 0.15) is 12.6 Å². The predicted molar refractivity (Wildman–Crippen MR) is 188 cm³/mol. The third kappa shape index (κ3) is 8.41. The second-order valence-corrected chi connectivity index (χ2v) is 20.8. The van der Waals surface area contributed by atoms with Gasteiger partial charge in [-0.1, -0.05) is 56.0 Å². The Labute approximate surface area is 279 Å². The fraction of sp³-hybridized carbons (Fsp3) is 0.361. The van der Waals surface area contributed by atoms with Gasteiger partial charge >= 0.3 is 0 Å². The van der Waals surface area contributed by atoms with Gasteiger partial charge < -0.3 is 9.30 Å². The van der Waals surface area contributed by atoms with Crippen LogP contribution in [0.15, 0.2) is 96.2 Å². The summed E-state index contributed by atoms with van der Waals surface area (Å²) in [4.78, 5) is 16.8. The van der Waals surface area contributed by atoms with Gasteiger partial charge in [0.05, 0.1) is 46.4 Å². The molecule has 6 rings (SSSR count). The maximum Gasteiger partial charge on any atom is 0.240 e. The number of aromatic nitrogens is 4. The van der Waals surface area contributed by atoms with Crippen molar-refractivity contribution in [3.05, 3.63) is 120 Å². The van der Waals surface area contributed by atoms with Gasteiger partial charge in [-0.25, -0.2) is 18.1 Å². The van der Waals surface area contributed by atoms with Crippen LogP contribution >= 0.6 is 0 Å². The van der Waals surface area contributed by atoms with Crippen molar-refractivity contribution in [2.45, 2.75) is 82.3 Å². The number of nitrogens with one attached hydrogen (secondary N) is 1. The Bertz CT molecular complexity index is 1890. The van der Waals surface area contributed by atoms with Gasteiger partial charge in [0.2, 0.25) is 10.0 Å². The van der Waals surface area contributed by atoms with Crippen molar-refractivity contribution in [1.29, 1.82) is 0 Å². The smallest absolute Gasteiger partial charge is 0.240 e. The van der Waals surface area contributed by atoms with Crippen molar-refractivity contribution in [2.75, 3.05) is 6.61 Å². The Hall–Kier alpha value is -3.74. The molecule has 0 saturated carbocycles. The van der Waals surface area contributed by atoms with Crippen LogP contribution in [0.5, 0.6) is 0 Å². The predicted octanol–water partition coefficient (Wildman–Crippen LogP) is 6.70. The van der Waals surface area contributed by atoms with Crippen molar-refractivity contribution >= 4 is 29.1 Å². The molecule has 0 fully saturated rings. The highest BCUT2D eigenvalue weighted by atomic mass is 32.2. The molecule has 1 unspecified atom stereocenters. The standard InChI is InChI=1S/C36H44N6O3SSi/c1-47(2,3)23-22-45-27-42-33-14-5-4-13-32(33)40-35(42)26-41(34-15-8-10-29-11-9-21-38-36(29)34)25-28-16-18-31(19-17-28)46(43,44)39-24-30-12-6-7-20-37-30/h4-7,9,11-14,16-21,34,39H,8,10,15,22-27H2,1-3H3. The highest BCUT2D eigenvalue weighted by Crippen LogP contribution is 2.35. The number of aryl methyl sites for hydroxylation is 1.